The van der Waals surface area contributed by atoms with E-state index in [0.717, 1.165) is 60.6 Å². The predicted octanol–water partition coefficient (Wildman–Crippen LogP) is 10.8. The Hall–Kier alpha value is -6.90. The smallest absolute Gasteiger partial charge is 0.101 e. The molecule has 0 bridgehead atoms. The number of nitrogens with zero attached hydrogens (tertiary/aromatic N) is 4. The number of hydrogen-bond donors (Lipinski definition) is 1. The molecule has 3 heterocycles. The number of nitriles is 1. The van der Waals surface area contributed by atoms with Gasteiger partial charge in [-0.25, -0.2) is 0 Å². The number of nitrogens with one attached hydrogen (secondary N) is 1. The quantitative estimate of drug-likeness (QED) is 0.194. The van der Waals surface area contributed by atoms with Gasteiger partial charge in [0, 0.05) is 55.5 Å². The van der Waals surface area contributed by atoms with Crippen molar-refractivity contribution in [3.05, 3.63) is 163 Å². The lowest BCUT2D eigenvalue weighted by Gasteiger charge is -2.16. The van der Waals surface area contributed by atoms with Crippen LogP contribution in [-0.4, -0.2) is 19.9 Å². The van der Waals surface area contributed by atoms with Crippen LogP contribution in [0.3, 0.4) is 0 Å². The molecule has 0 radical (unpaired) electrons. The highest BCUT2D eigenvalue weighted by atomic mass is 15.0. The molecule has 10 rings (SSSR count). The first-order chi connectivity index (χ1) is 24.3. The third-order valence-electron chi connectivity index (χ3n) is 9.95. The molecule has 0 atom stereocenters. The fraction of sp³-hybridized carbons (Fsp3) is 0. The van der Waals surface area contributed by atoms with Gasteiger partial charge < -0.3 is 19.1 Å². The average Bonchev–Trinajstić information content (AvgIpc) is 3.80. The van der Waals surface area contributed by atoms with Crippen molar-refractivity contribution in [1.29, 1.82) is 10.7 Å². The summed E-state index contributed by atoms with van der Waals surface area (Å²) in [5.41, 5.74) is 10.3. The number of rotatable bonds is 4. The Morgan fingerprint density at radius 1 is 0.449 bits per heavy atom. The number of fused-ring (bicyclic) bond motifs is 10. The lowest BCUT2D eigenvalue weighted by atomic mass is 10.0. The van der Waals surface area contributed by atoms with Crippen molar-refractivity contribution in [3.63, 3.8) is 0 Å². The highest BCUT2D eigenvalue weighted by Gasteiger charge is 2.23. The maximum atomic E-state index is 10.8. The summed E-state index contributed by atoms with van der Waals surface area (Å²) in [6.45, 7) is 0. The van der Waals surface area contributed by atoms with Gasteiger partial charge in [-0.1, -0.05) is 91.0 Å². The Morgan fingerprint density at radius 2 is 0.898 bits per heavy atom. The summed E-state index contributed by atoms with van der Waals surface area (Å²) in [4.78, 5) is 0. The highest BCUT2D eigenvalue weighted by molar-refractivity contribution is 6.29. The molecule has 1 N–H and O–H groups in total. The van der Waals surface area contributed by atoms with Crippen molar-refractivity contribution >= 4 is 71.6 Å². The molecule has 0 amide bonds. The molecule has 228 valence electrons. The largest absolute Gasteiger partial charge is 0.309 e. The molecular weight excluding hydrogens is 599 g/mol. The minimum absolute atomic E-state index is 0.509. The molecule has 10 aromatic rings. The van der Waals surface area contributed by atoms with Gasteiger partial charge in [0.05, 0.1) is 44.4 Å². The van der Waals surface area contributed by atoms with Gasteiger partial charge >= 0.3 is 0 Å². The van der Waals surface area contributed by atoms with Crippen molar-refractivity contribution in [1.82, 2.24) is 13.7 Å². The molecule has 0 saturated heterocycles. The standard InChI is InChI=1S/C44H27N5/c45-26-28-24-31(25-29(27-46)44(28)49-36-18-8-4-14-32(36)33-15-5-9-19-37(33)49)48-39-21-11-7-17-35(39)43-41(48)23-22-40-42(43)34-16-6-10-20-38(34)47(40)30-12-2-1-3-13-30/h1-26,45H. The van der Waals surface area contributed by atoms with E-state index in [-0.39, 0.29) is 0 Å². The van der Waals surface area contributed by atoms with Crippen molar-refractivity contribution in [2.75, 3.05) is 0 Å². The lowest BCUT2D eigenvalue weighted by Crippen LogP contribution is -2.05. The fourth-order valence-electron chi connectivity index (χ4n) is 8.03. The van der Waals surface area contributed by atoms with Crippen LogP contribution in [0.25, 0.3) is 82.5 Å². The van der Waals surface area contributed by atoms with Gasteiger partial charge in [0.1, 0.15) is 6.07 Å². The van der Waals surface area contributed by atoms with Crippen molar-refractivity contribution < 1.29 is 0 Å². The number of aromatic nitrogens is 3. The molecule has 0 saturated carbocycles. The van der Waals surface area contributed by atoms with E-state index in [1.54, 1.807) is 0 Å². The second-order valence-corrected chi connectivity index (χ2v) is 12.5. The summed E-state index contributed by atoms with van der Waals surface area (Å²) in [6, 6.07) is 55.1. The van der Waals surface area contributed by atoms with Gasteiger partial charge in [0.15, 0.2) is 0 Å². The van der Waals surface area contributed by atoms with Crippen molar-refractivity contribution in [2.45, 2.75) is 0 Å². The summed E-state index contributed by atoms with van der Waals surface area (Å²) < 4.78 is 6.74. The zero-order valence-corrected chi connectivity index (χ0v) is 26.3. The van der Waals surface area contributed by atoms with Gasteiger partial charge in [-0.2, -0.15) is 5.26 Å². The van der Waals surface area contributed by atoms with Crippen LogP contribution < -0.4 is 0 Å². The molecule has 5 nitrogen and oxygen atoms in total. The summed E-state index contributed by atoms with van der Waals surface area (Å²) in [7, 11) is 0. The van der Waals surface area contributed by atoms with E-state index in [1.165, 1.54) is 22.4 Å². The van der Waals surface area contributed by atoms with Gasteiger partial charge in [-0.05, 0) is 60.7 Å². The van der Waals surface area contributed by atoms with Crippen LogP contribution in [-0.2, 0) is 0 Å². The van der Waals surface area contributed by atoms with Crippen LogP contribution >= 0.6 is 0 Å². The van der Waals surface area contributed by atoms with Crippen LogP contribution in [0, 0.1) is 16.7 Å². The van der Waals surface area contributed by atoms with Gasteiger partial charge in [0.25, 0.3) is 0 Å². The third kappa shape index (κ3) is 3.71. The first-order valence-electron chi connectivity index (χ1n) is 16.3. The van der Waals surface area contributed by atoms with Gasteiger partial charge in [-0.3, -0.25) is 0 Å². The van der Waals surface area contributed by atoms with Crippen LogP contribution in [0.15, 0.2) is 152 Å². The summed E-state index contributed by atoms with van der Waals surface area (Å²) in [5, 5.41) is 26.3. The van der Waals surface area contributed by atoms with Crippen molar-refractivity contribution in [3.8, 4) is 23.1 Å². The van der Waals surface area contributed by atoms with E-state index >= 15 is 0 Å². The Morgan fingerprint density at radius 3 is 1.41 bits per heavy atom. The summed E-state index contributed by atoms with van der Waals surface area (Å²) in [5.74, 6) is 0. The summed E-state index contributed by atoms with van der Waals surface area (Å²) in [6.07, 6.45) is 1.38. The minimum atomic E-state index is 0.509. The van der Waals surface area contributed by atoms with E-state index in [0.29, 0.717) is 16.8 Å². The zero-order valence-electron chi connectivity index (χ0n) is 26.3. The fourth-order valence-corrected chi connectivity index (χ4v) is 8.03. The molecule has 0 spiro atoms. The maximum absolute atomic E-state index is 10.8. The van der Waals surface area contributed by atoms with E-state index < -0.39 is 0 Å². The molecule has 0 aliphatic heterocycles. The molecule has 0 aliphatic rings. The molecule has 0 aliphatic carbocycles. The monoisotopic (exact) mass is 625 g/mol. The van der Waals surface area contributed by atoms with Crippen LogP contribution in [0.1, 0.15) is 11.1 Å². The molecule has 49 heavy (non-hydrogen) atoms. The Balaban J connectivity index is 1.31. The Bertz CT molecular complexity index is 2970. The second-order valence-electron chi connectivity index (χ2n) is 12.5. The van der Waals surface area contributed by atoms with Crippen LogP contribution in [0.5, 0.6) is 0 Å². The Kier molecular flexibility index (Phi) is 5.73. The van der Waals surface area contributed by atoms with E-state index in [2.05, 4.69) is 135 Å². The molecule has 0 fully saturated rings. The first kappa shape index (κ1) is 27.2. The predicted molar refractivity (Wildman–Crippen MR) is 202 cm³/mol. The first-order valence-corrected chi connectivity index (χ1v) is 16.3. The Labute approximate surface area is 281 Å². The normalized spacial score (nSPS) is 11.7. The molecule has 7 aromatic carbocycles. The van der Waals surface area contributed by atoms with E-state index in [1.807, 2.05) is 36.4 Å². The maximum Gasteiger partial charge on any atom is 0.101 e. The highest BCUT2D eigenvalue weighted by Crippen LogP contribution is 2.43. The van der Waals surface area contributed by atoms with Crippen LogP contribution in [0.2, 0.25) is 0 Å². The minimum Gasteiger partial charge on any atom is -0.309 e. The average molecular weight is 626 g/mol. The van der Waals surface area contributed by atoms with E-state index in [4.69, 9.17) is 5.41 Å². The lowest BCUT2D eigenvalue weighted by molar-refractivity contribution is 1.13. The van der Waals surface area contributed by atoms with Gasteiger partial charge in [-0.15, -0.1) is 0 Å². The molecule has 5 heteroatoms. The zero-order chi connectivity index (χ0) is 32.6. The van der Waals surface area contributed by atoms with Crippen LogP contribution in [0.4, 0.5) is 0 Å². The SMILES string of the molecule is N#Cc1cc(-n2c3ccccc3c3c4c5ccccc5n(-c5ccccc5)c4ccc32)cc(C=N)c1-n1c2ccccc2c2ccccc21. The van der Waals surface area contributed by atoms with E-state index in [9.17, 15) is 5.26 Å². The molecule has 0 unspecified atom stereocenters. The summed E-state index contributed by atoms with van der Waals surface area (Å²) >= 11 is 0. The number of hydrogen-bond acceptors (Lipinski definition) is 2. The molecular formula is C44H27N5. The molecule has 3 aromatic heterocycles. The number of para-hydroxylation sites is 5. The second kappa shape index (κ2) is 10.3. The third-order valence-corrected chi connectivity index (χ3v) is 9.95. The number of benzene rings is 7. The topological polar surface area (TPSA) is 62.4 Å². The van der Waals surface area contributed by atoms with Crippen molar-refractivity contribution in [2.24, 2.45) is 0 Å². The van der Waals surface area contributed by atoms with Gasteiger partial charge in [0.2, 0.25) is 0 Å².